The number of H-pyrrole nitrogens is 1. The Morgan fingerprint density at radius 3 is 2.60 bits per heavy atom. The number of aromatic amines is 1. The first-order valence-electron chi connectivity index (χ1n) is 19.1. The van der Waals surface area contributed by atoms with Gasteiger partial charge in [0.05, 0.1) is 30.1 Å². The Kier molecular flexibility index (Phi) is 13.0. The largest absolute Gasteiger partial charge is 0.756 e. The van der Waals surface area contributed by atoms with Crippen molar-refractivity contribution in [2.24, 2.45) is 0 Å². The maximum absolute atomic E-state index is 13.0. The van der Waals surface area contributed by atoms with Gasteiger partial charge in [-0.1, -0.05) is 6.07 Å². The lowest BCUT2D eigenvalue weighted by molar-refractivity contribution is -0.228. The zero-order valence-electron chi connectivity index (χ0n) is 32.6. The predicted molar refractivity (Wildman–Crippen MR) is 219 cm³/mol. The number of hydrogen-bond acceptors (Lipinski definition) is 16. The Hall–Kier alpha value is -5.93. The molecule has 2 fully saturated rings. The van der Waals surface area contributed by atoms with E-state index in [1.54, 1.807) is 6.07 Å². The van der Waals surface area contributed by atoms with Gasteiger partial charge in [-0.25, -0.2) is 9.59 Å². The number of carboxylic acid groups (broad SMARTS) is 1. The molecule has 5 atom stereocenters. The number of aromatic carboxylic acids is 1. The van der Waals surface area contributed by atoms with E-state index in [4.69, 9.17) is 18.2 Å². The van der Waals surface area contributed by atoms with Crippen LogP contribution in [0.2, 0.25) is 0 Å². The van der Waals surface area contributed by atoms with E-state index in [-0.39, 0.29) is 82.9 Å². The maximum Gasteiger partial charge on any atom is 0.336 e. The number of nitrogens with one attached hydrogen (secondary N) is 2. The number of rotatable bonds is 16. The lowest BCUT2D eigenvalue weighted by Crippen LogP contribution is -2.33. The van der Waals surface area contributed by atoms with Gasteiger partial charge in [0, 0.05) is 77.7 Å². The fourth-order valence-electron chi connectivity index (χ4n) is 7.18. The quantitative estimate of drug-likeness (QED) is 0.0411. The predicted octanol–water partition coefficient (Wildman–Crippen LogP) is 2.56. The molecule has 3 aliphatic heterocycles. The number of phenols is 1. The third-order valence-electron chi connectivity index (χ3n) is 10.2. The highest BCUT2D eigenvalue weighted by Crippen LogP contribution is 2.43. The number of anilines is 1. The molecule has 0 spiro atoms. The molecule has 22 heteroatoms. The van der Waals surface area contributed by atoms with Crippen LogP contribution >= 0.6 is 19.6 Å². The number of hydrogen-bond donors (Lipinski definition) is 5. The van der Waals surface area contributed by atoms with Crippen LogP contribution in [-0.4, -0.2) is 96.4 Å². The van der Waals surface area contributed by atoms with Crippen LogP contribution in [0, 0.1) is 6.92 Å². The number of carbonyl (C=O) groups excluding carboxylic acids is 3. The molecule has 62 heavy (non-hydrogen) atoms. The second-order valence-corrected chi connectivity index (χ2v) is 17.2. The summed E-state index contributed by atoms with van der Waals surface area (Å²) in [5.41, 5.74) is -0.0978. The van der Waals surface area contributed by atoms with E-state index in [1.165, 1.54) is 61.7 Å². The molecule has 4 aliphatic rings. The Balaban J connectivity index is 0.875. The van der Waals surface area contributed by atoms with Crippen molar-refractivity contribution in [2.45, 2.75) is 56.3 Å². The van der Waals surface area contributed by atoms with E-state index in [1.807, 2.05) is 0 Å². The Labute approximate surface area is 354 Å². The number of carbonyl (C=O) groups is 4. The molecule has 4 heterocycles. The number of thioether (sulfide) groups is 1. The van der Waals surface area contributed by atoms with E-state index < -0.39 is 79.7 Å². The molecule has 2 unspecified atom stereocenters. The highest BCUT2D eigenvalue weighted by Gasteiger charge is 2.39. The smallest absolute Gasteiger partial charge is 0.336 e. The van der Waals surface area contributed by atoms with E-state index in [0.717, 1.165) is 21.2 Å². The summed E-state index contributed by atoms with van der Waals surface area (Å²) in [4.78, 5) is 103. The minimum absolute atomic E-state index is 0.0114. The van der Waals surface area contributed by atoms with Gasteiger partial charge in [0.15, 0.2) is 5.43 Å². The third kappa shape index (κ3) is 9.74. The molecule has 5 N–H and O–H groups in total. The number of phenolic OH excluding ortho intramolecular Hbond substituents is 1. The van der Waals surface area contributed by atoms with Crippen LogP contribution < -0.4 is 26.9 Å². The van der Waals surface area contributed by atoms with Crippen LogP contribution in [0.3, 0.4) is 0 Å². The Bertz CT molecular complexity index is 2790. The summed E-state index contributed by atoms with van der Waals surface area (Å²) in [6, 6.07) is 12.7. The molecule has 2 aromatic carbocycles. The first kappa shape index (κ1) is 44.1. The summed E-state index contributed by atoms with van der Waals surface area (Å²) in [5, 5.41) is 32.9. The topological polar surface area (TPSA) is 297 Å². The van der Waals surface area contributed by atoms with Crippen LogP contribution in [0.5, 0.6) is 5.75 Å². The fraction of sp³-hybridized carbons (Fsp3) is 0.325. The monoisotopic (exact) mass is 893 g/mol. The number of phosphoric ester groups is 1. The van der Waals surface area contributed by atoms with Crippen molar-refractivity contribution in [2.75, 3.05) is 30.8 Å². The number of imide groups is 1. The summed E-state index contributed by atoms with van der Waals surface area (Å²) in [7, 11) is -4.90. The second-order valence-electron chi connectivity index (χ2n) is 14.5. The summed E-state index contributed by atoms with van der Waals surface area (Å²) in [6.45, 7) is 0.374. The molecular formula is C40H38N4O16PS-. The zero-order chi connectivity index (χ0) is 44.5. The van der Waals surface area contributed by atoms with E-state index in [9.17, 15) is 58.3 Å². The number of phosphoric acid groups is 1. The van der Waals surface area contributed by atoms with Gasteiger partial charge in [0.1, 0.15) is 29.4 Å². The Morgan fingerprint density at radius 2 is 1.82 bits per heavy atom. The van der Waals surface area contributed by atoms with Crippen LogP contribution in [0.1, 0.15) is 47.8 Å². The second kappa shape index (κ2) is 18.2. The highest BCUT2D eigenvalue weighted by molar-refractivity contribution is 8.00. The summed E-state index contributed by atoms with van der Waals surface area (Å²) in [5.74, 6) is -2.74. The SMILES string of the molecule is Cc1cn([C@H]2C[C@@H](O)[C@@H](COP(=O)([O-])OCCSC3CC(=O)N(CCCC(=O)Nc4ccc(-c5c6ccc(=O)cc-6oc6cc(O)ccc56)c(C(=O)O)c4)C3=O)O2)c(=O)[nH]c1=O. The highest BCUT2D eigenvalue weighted by atomic mass is 32.2. The van der Waals surface area contributed by atoms with Crippen molar-refractivity contribution in [1.82, 2.24) is 14.5 Å². The van der Waals surface area contributed by atoms with Crippen molar-refractivity contribution < 1.29 is 62.2 Å². The van der Waals surface area contributed by atoms with E-state index >= 15 is 0 Å². The van der Waals surface area contributed by atoms with Crippen LogP contribution in [-0.2, 0) is 32.7 Å². The van der Waals surface area contributed by atoms with Crippen LogP contribution in [0.15, 0.2) is 79.6 Å². The number of aromatic hydroxyl groups is 1. The van der Waals surface area contributed by atoms with Gasteiger partial charge in [-0.2, -0.15) is 0 Å². The average Bonchev–Trinajstić information content (AvgIpc) is 3.72. The maximum atomic E-state index is 13.0. The van der Waals surface area contributed by atoms with Gasteiger partial charge in [0.2, 0.25) is 17.7 Å². The molecule has 1 aromatic heterocycles. The lowest BCUT2D eigenvalue weighted by atomic mass is 9.90. The molecule has 0 bridgehead atoms. The van der Waals surface area contributed by atoms with Gasteiger partial charge in [0.25, 0.3) is 13.4 Å². The first-order valence-corrected chi connectivity index (χ1v) is 21.6. The number of fused-ring (bicyclic) bond motifs is 2. The number of carboxylic acids is 1. The van der Waals surface area contributed by atoms with Gasteiger partial charge in [-0.15, -0.1) is 11.8 Å². The number of ether oxygens (including phenoxy) is 1. The van der Waals surface area contributed by atoms with Crippen molar-refractivity contribution in [3.63, 3.8) is 0 Å². The molecule has 7 rings (SSSR count). The number of aryl methyl sites for hydroxylation is 1. The lowest BCUT2D eigenvalue weighted by Gasteiger charge is -2.25. The Morgan fingerprint density at radius 1 is 1.05 bits per heavy atom. The van der Waals surface area contributed by atoms with Gasteiger partial charge in [-0.05, 0) is 55.3 Å². The van der Waals surface area contributed by atoms with E-state index in [0.29, 0.717) is 16.5 Å². The molecule has 0 radical (unpaired) electrons. The normalized spacial score (nSPS) is 20.0. The number of aliphatic hydroxyl groups is 1. The van der Waals surface area contributed by atoms with Crippen molar-refractivity contribution >= 4 is 59.9 Å². The summed E-state index contributed by atoms with van der Waals surface area (Å²) < 4.78 is 34.7. The average molecular weight is 894 g/mol. The van der Waals surface area contributed by atoms with Gasteiger partial charge in [-0.3, -0.25) is 43.0 Å². The summed E-state index contributed by atoms with van der Waals surface area (Å²) in [6.07, 6.45) is -2.31. The zero-order valence-corrected chi connectivity index (χ0v) is 34.3. The minimum atomic E-state index is -4.90. The number of aromatic nitrogens is 2. The minimum Gasteiger partial charge on any atom is -0.756 e. The third-order valence-corrected chi connectivity index (χ3v) is 12.3. The van der Waals surface area contributed by atoms with Crippen molar-refractivity contribution in [1.29, 1.82) is 0 Å². The van der Waals surface area contributed by atoms with E-state index in [2.05, 4.69) is 10.3 Å². The molecule has 0 saturated carbocycles. The first-order chi connectivity index (χ1) is 29.5. The van der Waals surface area contributed by atoms with Gasteiger partial charge < -0.3 is 43.7 Å². The summed E-state index contributed by atoms with van der Waals surface area (Å²) >= 11 is 1.000. The molecule has 20 nitrogen and oxygen atoms in total. The molecule has 2 saturated heterocycles. The van der Waals surface area contributed by atoms with Crippen LogP contribution in [0.25, 0.3) is 33.4 Å². The number of likely N-dealkylation sites (tertiary alicyclic amines) is 1. The molecule has 326 valence electrons. The number of aliphatic hydroxyl groups excluding tert-OH is 1. The van der Waals surface area contributed by atoms with Crippen molar-refractivity contribution in [3.05, 3.63) is 103 Å². The molecule has 3 aromatic rings. The molecule has 3 amide bonds. The van der Waals surface area contributed by atoms with Gasteiger partial charge >= 0.3 is 11.7 Å². The number of amides is 3. The molecule has 1 aliphatic carbocycles. The standard InChI is InChI=1S/C40H39N4O16PS/c1-20-18-44(40(54)42-37(20)50)35-16-28(47)31(60-35)19-58-61(55,56)57-11-12-62-32-17-34(49)43(38(32)51)10-2-3-33(48)41-21-4-7-24(27(13-21)39(52)53)36-25-8-5-22(45)14-29(25)59-30-15-23(46)6-9-26(30)36/h4-9,13-15,18,28,31-32,35,45,47H,2-3,10-12,16-17,19H2,1H3,(H,41,48)(H,52,53)(H,55,56)(H,42,50,54)/p-1/t28-,31-,32?,35-/m1/s1. The van der Waals surface area contributed by atoms with Crippen molar-refractivity contribution in [3.8, 4) is 28.2 Å². The number of nitrogens with zero attached hydrogens (tertiary/aromatic N) is 2. The fourth-order valence-corrected chi connectivity index (χ4v) is 9.02. The van der Waals surface area contributed by atoms with Crippen LogP contribution in [0.4, 0.5) is 5.69 Å². The molecular weight excluding hydrogens is 855 g/mol. The number of benzene rings is 3.